The summed E-state index contributed by atoms with van der Waals surface area (Å²) in [5.41, 5.74) is 1.58. The van der Waals surface area contributed by atoms with Crippen molar-refractivity contribution >= 4 is 0 Å². The molecule has 5 unspecified atom stereocenters. The molecular formula is C13H19. The molecular weight excluding hydrogens is 156 g/mol. The molecule has 4 saturated carbocycles. The topological polar surface area (TPSA) is 0 Å². The lowest BCUT2D eigenvalue weighted by atomic mass is 9.47. The lowest BCUT2D eigenvalue weighted by Gasteiger charge is -2.58. The standard InChI is InChI=1S/C13H19/c1-7-10-4-11-6-12(7)9(3)13(5-10)8(11)2/h8,10-13H,1,4-6H2,2-3H3. The van der Waals surface area contributed by atoms with Crippen LogP contribution in [0.4, 0.5) is 0 Å². The molecule has 0 aromatic rings. The lowest BCUT2D eigenvalue weighted by molar-refractivity contribution is 0.0351. The molecule has 71 valence electrons. The molecule has 4 aliphatic carbocycles. The van der Waals surface area contributed by atoms with Crippen molar-refractivity contribution in [2.24, 2.45) is 29.6 Å². The highest BCUT2D eigenvalue weighted by atomic mass is 14.6. The van der Waals surface area contributed by atoms with Crippen molar-refractivity contribution in [3.8, 4) is 0 Å². The molecule has 0 nitrogen and oxygen atoms in total. The van der Waals surface area contributed by atoms with Gasteiger partial charge in [-0.15, -0.1) is 0 Å². The van der Waals surface area contributed by atoms with Gasteiger partial charge in [-0.1, -0.05) is 26.0 Å². The van der Waals surface area contributed by atoms with Crippen molar-refractivity contribution in [3.63, 3.8) is 0 Å². The highest BCUT2D eigenvalue weighted by molar-refractivity contribution is 5.28. The molecule has 4 rings (SSSR count). The summed E-state index contributed by atoms with van der Waals surface area (Å²) in [6, 6.07) is 0. The fraction of sp³-hybridized carbons (Fsp3) is 0.769. The summed E-state index contributed by atoms with van der Waals surface area (Å²) in [5.74, 6) is 6.44. The van der Waals surface area contributed by atoms with Gasteiger partial charge in [-0.3, -0.25) is 0 Å². The maximum atomic E-state index is 4.31. The van der Waals surface area contributed by atoms with Crippen molar-refractivity contribution in [3.05, 3.63) is 18.1 Å². The Balaban J connectivity index is 1.99. The van der Waals surface area contributed by atoms with Crippen molar-refractivity contribution in [2.45, 2.75) is 33.1 Å². The first-order valence-electron chi connectivity index (χ1n) is 5.70. The van der Waals surface area contributed by atoms with E-state index in [1.807, 2.05) is 0 Å². The molecule has 0 aromatic heterocycles. The van der Waals surface area contributed by atoms with Gasteiger partial charge in [0.05, 0.1) is 0 Å². The fourth-order valence-electron chi connectivity index (χ4n) is 4.22. The van der Waals surface area contributed by atoms with Gasteiger partial charge in [0.1, 0.15) is 0 Å². The van der Waals surface area contributed by atoms with E-state index in [2.05, 4.69) is 20.4 Å². The Morgan fingerprint density at radius 3 is 2.77 bits per heavy atom. The summed E-state index contributed by atoms with van der Waals surface area (Å²) in [4.78, 5) is 0. The third kappa shape index (κ3) is 0.872. The van der Waals surface area contributed by atoms with E-state index in [-0.39, 0.29) is 0 Å². The van der Waals surface area contributed by atoms with Gasteiger partial charge in [0.15, 0.2) is 0 Å². The minimum Gasteiger partial charge on any atom is -0.0993 e. The summed E-state index contributed by atoms with van der Waals surface area (Å²) in [6.07, 6.45) is 4.32. The SMILES string of the molecule is C=C1C2CC3CC1[C](C)C(C2)C3C. The van der Waals surface area contributed by atoms with Crippen LogP contribution in [0.3, 0.4) is 0 Å². The largest absolute Gasteiger partial charge is 0.0993 e. The van der Waals surface area contributed by atoms with Gasteiger partial charge >= 0.3 is 0 Å². The smallest absolute Gasteiger partial charge is 0.0138 e. The quantitative estimate of drug-likeness (QED) is 0.495. The Labute approximate surface area is 81.4 Å². The van der Waals surface area contributed by atoms with Gasteiger partial charge in [-0.05, 0) is 54.8 Å². The maximum absolute atomic E-state index is 4.31. The van der Waals surface area contributed by atoms with Crippen molar-refractivity contribution in [2.75, 3.05) is 0 Å². The first-order chi connectivity index (χ1) is 6.18. The third-order valence-corrected chi connectivity index (χ3v) is 5.15. The number of allylic oxidation sites excluding steroid dienone is 1. The number of rotatable bonds is 0. The summed E-state index contributed by atoms with van der Waals surface area (Å²) in [7, 11) is 0. The van der Waals surface area contributed by atoms with Gasteiger partial charge in [-0.2, -0.15) is 0 Å². The average Bonchev–Trinajstić information content (AvgIpc) is 2.10. The summed E-state index contributed by atoms with van der Waals surface area (Å²) >= 11 is 0. The normalized spacial score (nSPS) is 54.6. The third-order valence-electron chi connectivity index (χ3n) is 5.15. The predicted molar refractivity (Wildman–Crippen MR) is 55.0 cm³/mol. The first kappa shape index (κ1) is 8.08. The van der Waals surface area contributed by atoms with Gasteiger partial charge in [0.25, 0.3) is 0 Å². The molecule has 1 radical (unpaired) electrons. The second kappa shape index (κ2) is 2.40. The molecule has 0 heterocycles. The Morgan fingerprint density at radius 1 is 1.23 bits per heavy atom. The molecule has 13 heavy (non-hydrogen) atoms. The monoisotopic (exact) mass is 175 g/mol. The highest BCUT2D eigenvalue weighted by Gasteiger charge is 2.52. The van der Waals surface area contributed by atoms with Crippen LogP contribution in [0.25, 0.3) is 0 Å². The summed E-state index contributed by atoms with van der Waals surface area (Å²) in [5, 5.41) is 0. The molecule has 4 bridgehead atoms. The van der Waals surface area contributed by atoms with Crippen molar-refractivity contribution < 1.29 is 0 Å². The lowest BCUT2D eigenvalue weighted by Crippen LogP contribution is -2.48. The average molecular weight is 175 g/mol. The van der Waals surface area contributed by atoms with E-state index in [4.69, 9.17) is 0 Å². The van der Waals surface area contributed by atoms with Gasteiger partial charge in [0, 0.05) is 0 Å². The predicted octanol–water partition coefficient (Wildman–Crippen LogP) is 3.45. The van der Waals surface area contributed by atoms with E-state index in [9.17, 15) is 0 Å². The Morgan fingerprint density at radius 2 is 2.00 bits per heavy atom. The van der Waals surface area contributed by atoms with Crippen molar-refractivity contribution in [1.82, 2.24) is 0 Å². The van der Waals surface area contributed by atoms with Crippen LogP contribution in [-0.2, 0) is 0 Å². The van der Waals surface area contributed by atoms with E-state index in [0.29, 0.717) is 0 Å². The van der Waals surface area contributed by atoms with E-state index in [0.717, 1.165) is 29.6 Å². The van der Waals surface area contributed by atoms with E-state index < -0.39 is 0 Å². The molecule has 4 fully saturated rings. The van der Waals surface area contributed by atoms with E-state index in [1.165, 1.54) is 19.3 Å². The Kier molecular flexibility index (Phi) is 1.49. The van der Waals surface area contributed by atoms with Crippen LogP contribution in [0.5, 0.6) is 0 Å². The van der Waals surface area contributed by atoms with Crippen LogP contribution >= 0.6 is 0 Å². The molecule has 0 heteroatoms. The van der Waals surface area contributed by atoms with Crippen LogP contribution in [0.1, 0.15) is 33.1 Å². The second-order valence-corrected chi connectivity index (χ2v) is 5.50. The molecule has 0 spiro atoms. The van der Waals surface area contributed by atoms with E-state index >= 15 is 0 Å². The molecule has 0 N–H and O–H groups in total. The second-order valence-electron chi connectivity index (χ2n) is 5.50. The number of hydrogen-bond acceptors (Lipinski definition) is 0. The molecule has 5 atom stereocenters. The van der Waals surface area contributed by atoms with Crippen LogP contribution in [0, 0.1) is 35.5 Å². The zero-order valence-corrected chi connectivity index (χ0v) is 8.72. The van der Waals surface area contributed by atoms with Crippen LogP contribution in [-0.4, -0.2) is 0 Å². The highest BCUT2D eigenvalue weighted by Crippen LogP contribution is 2.61. The first-order valence-corrected chi connectivity index (χ1v) is 5.70. The summed E-state index contributed by atoms with van der Waals surface area (Å²) < 4.78 is 0. The zero-order chi connectivity index (χ0) is 9.16. The molecule has 0 saturated heterocycles. The molecule has 4 aliphatic rings. The molecule has 0 amide bonds. The molecule has 0 aromatic carbocycles. The van der Waals surface area contributed by atoms with E-state index in [1.54, 1.807) is 11.5 Å². The zero-order valence-electron chi connectivity index (χ0n) is 8.72. The van der Waals surface area contributed by atoms with Gasteiger partial charge < -0.3 is 0 Å². The van der Waals surface area contributed by atoms with Gasteiger partial charge in [-0.25, -0.2) is 0 Å². The van der Waals surface area contributed by atoms with Crippen LogP contribution in [0.2, 0.25) is 0 Å². The Hall–Kier alpha value is -0.260. The fourth-order valence-corrected chi connectivity index (χ4v) is 4.22. The molecule has 0 aliphatic heterocycles. The van der Waals surface area contributed by atoms with Crippen molar-refractivity contribution in [1.29, 1.82) is 0 Å². The van der Waals surface area contributed by atoms with Gasteiger partial charge in [0.2, 0.25) is 0 Å². The number of hydrogen-bond donors (Lipinski definition) is 0. The van der Waals surface area contributed by atoms with Crippen LogP contribution in [0.15, 0.2) is 12.2 Å². The maximum Gasteiger partial charge on any atom is -0.0138 e. The minimum absolute atomic E-state index is 0.818. The minimum atomic E-state index is 0.818. The summed E-state index contributed by atoms with van der Waals surface area (Å²) in [6.45, 7) is 9.16. The van der Waals surface area contributed by atoms with Crippen LogP contribution < -0.4 is 0 Å². The Bertz CT molecular complexity index is 253.